The Hall–Kier alpha value is -2.95. The van der Waals surface area contributed by atoms with Crippen molar-refractivity contribution in [1.29, 1.82) is 0 Å². The monoisotopic (exact) mass is 466 g/mol. The maximum Gasteiger partial charge on any atom is 0.257 e. The van der Waals surface area contributed by atoms with Crippen molar-refractivity contribution in [3.8, 4) is 0 Å². The molecule has 3 unspecified atom stereocenters. The molecule has 1 aliphatic heterocycles. The first-order valence-corrected chi connectivity index (χ1v) is 13.1. The number of nitrogens with one attached hydrogen (secondary N) is 1. The first kappa shape index (κ1) is 22.5. The minimum Gasteiger partial charge on any atom is -0.375 e. The average molecular weight is 467 g/mol. The van der Waals surface area contributed by atoms with Crippen LogP contribution in [0.15, 0.2) is 91.0 Å². The molecule has 6 rings (SSSR count). The Morgan fingerprint density at radius 2 is 1.29 bits per heavy atom. The zero-order chi connectivity index (χ0) is 23.8. The van der Waals surface area contributed by atoms with Crippen molar-refractivity contribution >= 4 is 5.91 Å². The van der Waals surface area contributed by atoms with Crippen molar-refractivity contribution in [1.82, 2.24) is 10.2 Å². The highest BCUT2D eigenvalue weighted by atomic mass is 16.3. The van der Waals surface area contributed by atoms with Crippen molar-refractivity contribution in [2.24, 2.45) is 17.8 Å². The molecule has 35 heavy (non-hydrogen) atoms. The van der Waals surface area contributed by atoms with Gasteiger partial charge >= 0.3 is 0 Å². The molecule has 0 spiro atoms. The van der Waals surface area contributed by atoms with Crippen LogP contribution in [0.4, 0.5) is 0 Å². The molecule has 3 fully saturated rings. The summed E-state index contributed by atoms with van der Waals surface area (Å²) >= 11 is 0. The molecule has 3 atom stereocenters. The number of hydrogen-bond acceptors (Lipinski definition) is 3. The summed E-state index contributed by atoms with van der Waals surface area (Å²) in [6.07, 6.45) is 3.97. The molecule has 180 valence electrons. The van der Waals surface area contributed by atoms with Crippen LogP contribution in [0.25, 0.3) is 0 Å². The third-order valence-electron chi connectivity index (χ3n) is 8.62. The number of likely N-dealkylation sites (tertiary alicyclic amines) is 1. The van der Waals surface area contributed by atoms with Crippen molar-refractivity contribution < 1.29 is 9.90 Å². The molecule has 1 amide bonds. The predicted molar refractivity (Wildman–Crippen MR) is 138 cm³/mol. The van der Waals surface area contributed by atoms with Gasteiger partial charge in [-0.1, -0.05) is 104 Å². The lowest BCUT2D eigenvalue weighted by molar-refractivity contribution is -0.147. The molecule has 0 bridgehead atoms. The summed E-state index contributed by atoms with van der Waals surface area (Å²) in [6, 6.07) is 31.4. The van der Waals surface area contributed by atoms with Gasteiger partial charge in [0.05, 0.1) is 6.04 Å². The van der Waals surface area contributed by atoms with E-state index in [0.29, 0.717) is 11.8 Å². The van der Waals surface area contributed by atoms with Crippen molar-refractivity contribution in [3.63, 3.8) is 0 Å². The van der Waals surface area contributed by atoms with Crippen LogP contribution < -0.4 is 5.32 Å². The minimum atomic E-state index is -1.44. The zero-order valence-electron chi connectivity index (χ0n) is 20.1. The molecular formula is C31H34N2O2. The van der Waals surface area contributed by atoms with E-state index in [4.69, 9.17) is 0 Å². The summed E-state index contributed by atoms with van der Waals surface area (Å²) in [5.74, 6) is 0.666. The van der Waals surface area contributed by atoms with Crippen molar-refractivity contribution in [3.05, 3.63) is 108 Å². The van der Waals surface area contributed by atoms with Crippen LogP contribution in [0.2, 0.25) is 0 Å². The van der Waals surface area contributed by atoms with E-state index < -0.39 is 5.60 Å². The highest BCUT2D eigenvalue weighted by Crippen LogP contribution is 2.50. The van der Waals surface area contributed by atoms with Gasteiger partial charge in [0, 0.05) is 25.0 Å². The normalized spacial score (nSPS) is 25.8. The van der Waals surface area contributed by atoms with E-state index in [-0.39, 0.29) is 23.9 Å². The highest BCUT2D eigenvalue weighted by molar-refractivity contribution is 5.87. The lowest BCUT2D eigenvalue weighted by Gasteiger charge is -2.34. The Morgan fingerprint density at radius 3 is 1.80 bits per heavy atom. The Balaban J connectivity index is 1.17. The average Bonchev–Trinajstić information content (AvgIpc) is 3.31. The van der Waals surface area contributed by atoms with Crippen LogP contribution in [0.5, 0.6) is 0 Å². The van der Waals surface area contributed by atoms with Gasteiger partial charge in [-0.05, 0) is 41.4 Å². The van der Waals surface area contributed by atoms with Crippen LogP contribution in [0, 0.1) is 17.8 Å². The number of rotatable bonds is 7. The maximum atomic E-state index is 13.6. The third-order valence-corrected chi connectivity index (χ3v) is 8.62. The molecule has 3 aliphatic rings. The molecule has 3 aromatic rings. The van der Waals surface area contributed by atoms with E-state index in [1.54, 1.807) is 0 Å². The van der Waals surface area contributed by atoms with Gasteiger partial charge in [0.2, 0.25) is 0 Å². The van der Waals surface area contributed by atoms with E-state index >= 15 is 0 Å². The predicted octanol–water partition coefficient (Wildman–Crippen LogP) is 4.90. The summed E-state index contributed by atoms with van der Waals surface area (Å²) in [5, 5.41) is 15.1. The molecule has 1 heterocycles. The van der Waals surface area contributed by atoms with E-state index in [2.05, 4.69) is 70.9 Å². The first-order chi connectivity index (χ1) is 17.2. The molecule has 2 aliphatic carbocycles. The molecular weight excluding hydrogens is 432 g/mol. The van der Waals surface area contributed by atoms with Crippen LogP contribution >= 0.6 is 0 Å². The molecule has 0 aromatic heterocycles. The van der Waals surface area contributed by atoms with E-state index in [9.17, 15) is 9.90 Å². The minimum absolute atomic E-state index is 0.0134. The van der Waals surface area contributed by atoms with Gasteiger partial charge in [-0.2, -0.15) is 0 Å². The Kier molecular flexibility index (Phi) is 5.95. The second-order valence-electron chi connectivity index (χ2n) is 10.6. The number of fused-ring (bicyclic) bond motifs is 1. The lowest BCUT2D eigenvalue weighted by atomic mass is 9.79. The smallest absolute Gasteiger partial charge is 0.257 e. The zero-order valence-corrected chi connectivity index (χ0v) is 20.1. The van der Waals surface area contributed by atoms with Crippen LogP contribution in [0.1, 0.15) is 48.4 Å². The highest BCUT2D eigenvalue weighted by Gasteiger charge is 2.59. The van der Waals surface area contributed by atoms with Crippen LogP contribution in [-0.2, 0) is 10.4 Å². The summed E-state index contributed by atoms with van der Waals surface area (Å²) < 4.78 is 0. The standard InChI is InChI=1S/C31H34N2O2/c34-30(31(35,25-18-10-11-19-25)24-16-8-3-9-17-24)32-28-26-20-33(21-27(26)28)29(22-12-4-1-5-13-22)23-14-6-2-7-15-23/h1-9,12-17,25-29,35H,10-11,18-21H2,(H,32,34). The topological polar surface area (TPSA) is 52.6 Å². The number of carbonyl (C=O) groups is 1. The van der Waals surface area contributed by atoms with Crippen LogP contribution in [0.3, 0.4) is 0 Å². The molecule has 2 saturated carbocycles. The van der Waals surface area contributed by atoms with Gasteiger partial charge in [-0.3, -0.25) is 9.69 Å². The lowest BCUT2D eigenvalue weighted by Crippen LogP contribution is -2.51. The summed E-state index contributed by atoms with van der Waals surface area (Å²) in [5.41, 5.74) is 1.90. The number of amides is 1. The van der Waals surface area contributed by atoms with E-state index in [1.165, 1.54) is 11.1 Å². The van der Waals surface area contributed by atoms with Gasteiger partial charge in [0.25, 0.3) is 5.91 Å². The largest absolute Gasteiger partial charge is 0.375 e. The van der Waals surface area contributed by atoms with Gasteiger partial charge in [-0.25, -0.2) is 0 Å². The Bertz CT molecular complexity index is 1090. The molecule has 4 nitrogen and oxygen atoms in total. The summed E-state index contributed by atoms with van der Waals surface area (Å²) in [7, 11) is 0. The molecule has 3 aromatic carbocycles. The van der Waals surface area contributed by atoms with Gasteiger partial charge in [0.15, 0.2) is 5.60 Å². The van der Waals surface area contributed by atoms with E-state index in [1.807, 2.05) is 30.3 Å². The van der Waals surface area contributed by atoms with Gasteiger partial charge < -0.3 is 10.4 Å². The number of carbonyl (C=O) groups excluding carboxylic acids is 1. The molecule has 1 saturated heterocycles. The Labute approximate surface area is 208 Å². The van der Waals surface area contributed by atoms with Gasteiger partial charge in [0.1, 0.15) is 0 Å². The molecule has 4 heteroatoms. The van der Waals surface area contributed by atoms with E-state index in [0.717, 1.165) is 44.3 Å². The second kappa shape index (κ2) is 9.25. The number of aliphatic hydroxyl groups is 1. The van der Waals surface area contributed by atoms with Crippen molar-refractivity contribution in [2.45, 2.75) is 43.4 Å². The number of hydrogen-bond donors (Lipinski definition) is 2. The fourth-order valence-corrected chi connectivity index (χ4v) is 6.72. The fraction of sp³-hybridized carbons (Fsp3) is 0.387. The molecule has 0 radical (unpaired) electrons. The number of piperidine rings is 1. The maximum absolute atomic E-state index is 13.6. The van der Waals surface area contributed by atoms with Crippen molar-refractivity contribution in [2.75, 3.05) is 13.1 Å². The quantitative estimate of drug-likeness (QED) is 0.521. The Morgan fingerprint density at radius 1 is 0.800 bits per heavy atom. The molecule has 2 N–H and O–H groups in total. The number of nitrogens with zero attached hydrogens (tertiary/aromatic N) is 1. The fourth-order valence-electron chi connectivity index (χ4n) is 6.72. The SMILES string of the molecule is O=C(NC1C2CN(C(c3ccccc3)c3ccccc3)CC21)C(O)(c1ccccc1)C1CCCC1. The second-order valence-corrected chi connectivity index (χ2v) is 10.6. The third kappa shape index (κ3) is 4.09. The van der Waals surface area contributed by atoms with Gasteiger partial charge in [-0.15, -0.1) is 0 Å². The first-order valence-electron chi connectivity index (χ1n) is 13.1. The number of benzene rings is 3. The summed E-state index contributed by atoms with van der Waals surface area (Å²) in [6.45, 7) is 1.91. The summed E-state index contributed by atoms with van der Waals surface area (Å²) in [4.78, 5) is 16.2. The van der Waals surface area contributed by atoms with Crippen LogP contribution in [-0.4, -0.2) is 35.0 Å².